The highest BCUT2D eigenvalue weighted by Crippen LogP contribution is 1.96. The van der Waals surface area contributed by atoms with Crippen LogP contribution in [-0.4, -0.2) is 35.5 Å². The molecule has 7 N–H and O–H groups in total. The molecule has 7 heteroatoms. The number of hydrogen-bond acceptors (Lipinski definition) is 3. The van der Waals surface area contributed by atoms with Gasteiger partial charge in [-0.3, -0.25) is 0 Å². The van der Waals surface area contributed by atoms with E-state index in [9.17, 15) is 0 Å². The third-order valence-corrected chi connectivity index (χ3v) is 1.21. The summed E-state index contributed by atoms with van der Waals surface area (Å²) in [6, 6.07) is 0. The molecule has 0 bridgehead atoms. The number of nitrogens with two attached hydrogens (primary N) is 2. The van der Waals surface area contributed by atoms with Crippen molar-refractivity contribution < 1.29 is 19.8 Å². The lowest BCUT2D eigenvalue weighted by atomic mass is 10.2. The van der Waals surface area contributed by atoms with Crippen LogP contribution in [-0.2, 0) is 0 Å². The van der Waals surface area contributed by atoms with Gasteiger partial charge in [0, 0.05) is 0 Å². The van der Waals surface area contributed by atoms with Crippen LogP contribution in [0.5, 0.6) is 0 Å². The summed E-state index contributed by atoms with van der Waals surface area (Å²) in [4.78, 5) is 17.6. The van der Waals surface area contributed by atoms with Crippen LogP contribution in [0.2, 0.25) is 0 Å². The second-order valence-corrected chi connectivity index (χ2v) is 2.49. The van der Waals surface area contributed by atoms with Gasteiger partial charge in [-0.2, -0.15) is 0 Å². The molecule has 84 valence electrons. The normalized spacial score (nSPS) is 13.7. The van der Waals surface area contributed by atoms with E-state index in [1.165, 1.54) is 32.4 Å². The summed E-state index contributed by atoms with van der Waals surface area (Å²) in [6.45, 7) is 2.50. The minimum Gasteiger partial charge on any atom is -0.465 e. The van der Waals surface area contributed by atoms with Crippen LogP contribution in [0.1, 0.15) is 19.3 Å². The van der Waals surface area contributed by atoms with E-state index >= 15 is 0 Å². The maximum Gasteiger partial charge on any atom is 0.402 e. The summed E-state index contributed by atoms with van der Waals surface area (Å²) in [7, 11) is 0. The van der Waals surface area contributed by atoms with Crippen molar-refractivity contribution in [3.8, 4) is 0 Å². The van der Waals surface area contributed by atoms with Crippen molar-refractivity contribution in [2.45, 2.75) is 19.3 Å². The molecular formula is C7H17N3O4. The third-order valence-electron chi connectivity index (χ3n) is 1.21. The Hall–Kier alpha value is -1.50. The molecule has 14 heavy (non-hydrogen) atoms. The molecule has 1 fully saturated rings. The highest BCUT2D eigenvalue weighted by atomic mass is 16.4. The predicted molar refractivity (Wildman–Crippen MR) is 51.1 cm³/mol. The van der Waals surface area contributed by atoms with Crippen molar-refractivity contribution in [2.75, 3.05) is 13.1 Å². The van der Waals surface area contributed by atoms with Crippen molar-refractivity contribution in [2.24, 2.45) is 11.5 Å². The number of carbonyl (C=O) groups is 2. The average molecular weight is 207 g/mol. The molecule has 0 atom stereocenters. The fourth-order valence-electron chi connectivity index (χ4n) is 0.802. The molecular weight excluding hydrogens is 190 g/mol. The number of primary amides is 2. The molecule has 0 aromatic carbocycles. The molecule has 0 radical (unpaired) electrons. The van der Waals surface area contributed by atoms with Gasteiger partial charge in [0.2, 0.25) is 0 Å². The van der Waals surface area contributed by atoms with Crippen LogP contribution < -0.4 is 16.8 Å². The quantitative estimate of drug-likeness (QED) is 0.380. The molecule has 1 rings (SSSR count). The minimum absolute atomic E-state index is 1.25. The number of rotatable bonds is 0. The summed E-state index contributed by atoms with van der Waals surface area (Å²) >= 11 is 0. The molecule has 1 saturated heterocycles. The van der Waals surface area contributed by atoms with Crippen LogP contribution in [0.3, 0.4) is 0 Å². The van der Waals surface area contributed by atoms with Gasteiger partial charge < -0.3 is 27.0 Å². The largest absolute Gasteiger partial charge is 0.465 e. The molecule has 0 aliphatic carbocycles. The molecule has 2 amide bonds. The minimum atomic E-state index is -1.33. The van der Waals surface area contributed by atoms with Crippen LogP contribution in [0.15, 0.2) is 0 Å². The first-order valence-corrected chi connectivity index (χ1v) is 4.14. The van der Waals surface area contributed by atoms with E-state index in [4.69, 9.17) is 19.8 Å². The molecule has 1 heterocycles. The summed E-state index contributed by atoms with van der Waals surface area (Å²) in [5.74, 6) is 0. The van der Waals surface area contributed by atoms with Crippen molar-refractivity contribution >= 4 is 12.2 Å². The van der Waals surface area contributed by atoms with Gasteiger partial charge in [-0.1, -0.05) is 6.42 Å². The van der Waals surface area contributed by atoms with Gasteiger partial charge in [-0.25, -0.2) is 9.59 Å². The van der Waals surface area contributed by atoms with Gasteiger partial charge in [0.15, 0.2) is 0 Å². The van der Waals surface area contributed by atoms with Gasteiger partial charge in [-0.05, 0) is 25.9 Å². The fraction of sp³-hybridized carbons (Fsp3) is 0.714. The molecule has 1 aliphatic heterocycles. The Bertz CT molecular complexity index is 128. The van der Waals surface area contributed by atoms with Gasteiger partial charge in [0.1, 0.15) is 0 Å². The number of carboxylic acid groups (broad SMARTS) is 2. The lowest BCUT2D eigenvalue weighted by Crippen LogP contribution is -2.21. The van der Waals surface area contributed by atoms with Crippen LogP contribution in [0.4, 0.5) is 9.59 Å². The first kappa shape index (κ1) is 15.0. The van der Waals surface area contributed by atoms with Gasteiger partial charge in [0.25, 0.3) is 0 Å². The smallest absolute Gasteiger partial charge is 0.402 e. The molecule has 7 nitrogen and oxygen atoms in total. The SMILES string of the molecule is C1CCNCC1.NC(=O)O.NC(=O)O. The molecule has 0 saturated carbocycles. The van der Waals surface area contributed by atoms with Crippen molar-refractivity contribution in [1.82, 2.24) is 5.32 Å². The second kappa shape index (κ2) is 11.5. The third kappa shape index (κ3) is 46.8. The van der Waals surface area contributed by atoms with E-state index in [1.54, 1.807) is 0 Å². The van der Waals surface area contributed by atoms with Crippen LogP contribution in [0.25, 0.3) is 0 Å². The monoisotopic (exact) mass is 207 g/mol. The lowest BCUT2D eigenvalue weighted by molar-refractivity contribution is 0.204. The number of hydrogen-bond donors (Lipinski definition) is 5. The Morgan fingerprint density at radius 1 is 0.929 bits per heavy atom. The Balaban J connectivity index is 0. The highest BCUT2D eigenvalue weighted by Gasteiger charge is 1.93. The standard InChI is InChI=1S/C5H11N.2CH3NO2/c1-2-4-6-5-3-1;2*2-1(3)4/h6H,1-5H2;2*2H2,(H,3,4). The van der Waals surface area contributed by atoms with Crippen molar-refractivity contribution in [3.05, 3.63) is 0 Å². The summed E-state index contributed by atoms with van der Waals surface area (Å²) in [5.41, 5.74) is 8.06. The lowest BCUT2D eigenvalue weighted by Gasteiger charge is -2.08. The molecule has 1 aliphatic rings. The Morgan fingerprint density at radius 2 is 1.21 bits per heavy atom. The second-order valence-electron chi connectivity index (χ2n) is 2.49. The van der Waals surface area contributed by atoms with E-state index in [0.29, 0.717) is 0 Å². The van der Waals surface area contributed by atoms with Crippen LogP contribution in [0, 0.1) is 0 Å². The van der Waals surface area contributed by atoms with Gasteiger partial charge in [-0.15, -0.1) is 0 Å². The maximum absolute atomic E-state index is 8.78. The predicted octanol–water partition coefficient (Wildman–Crippen LogP) is 0.00610. The molecule has 0 aromatic heterocycles. The molecule has 0 unspecified atom stereocenters. The Kier molecular flexibility index (Phi) is 12.3. The van der Waals surface area contributed by atoms with Gasteiger partial charge in [0.05, 0.1) is 0 Å². The summed E-state index contributed by atoms with van der Waals surface area (Å²) < 4.78 is 0. The van der Waals surface area contributed by atoms with Crippen molar-refractivity contribution in [3.63, 3.8) is 0 Å². The zero-order valence-electron chi connectivity index (χ0n) is 7.90. The van der Waals surface area contributed by atoms with E-state index in [0.717, 1.165) is 0 Å². The van der Waals surface area contributed by atoms with E-state index in [1.807, 2.05) is 0 Å². The van der Waals surface area contributed by atoms with E-state index in [-0.39, 0.29) is 0 Å². The average Bonchev–Trinajstić information content (AvgIpc) is 2.05. The first-order valence-electron chi connectivity index (χ1n) is 4.14. The maximum atomic E-state index is 8.78. The Labute approximate surface area is 82.1 Å². The highest BCUT2D eigenvalue weighted by molar-refractivity contribution is 5.61. The molecule has 0 aromatic rings. The number of nitrogens with one attached hydrogen (secondary N) is 1. The zero-order valence-corrected chi connectivity index (χ0v) is 7.90. The zero-order chi connectivity index (χ0) is 11.4. The first-order chi connectivity index (χ1) is 6.46. The van der Waals surface area contributed by atoms with E-state index in [2.05, 4.69) is 16.8 Å². The molecule has 0 spiro atoms. The van der Waals surface area contributed by atoms with Crippen LogP contribution >= 0.6 is 0 Å². The fourth-order valence-corrected chi connectivity index (χ4v) is 0.802. The Morgan fingerprint density at radius 3 is 1.29 bits per heavy atom. The summed E-state index contributed by atoms with van der Waals surface area (Å²) in [6.07, 6.45) is 1.55. The topological polar surface area (TPSA) is 139 Å². The number of piperidine rings is 1. The van der Waals surface area contributed by atoms with Gasteiger partial charge >= 0.3 is 12.2 Å². The van der Waals surface area contributed by atoms with Crippen molar-refractivity contribution in [1.29, 1.82) is 0 Å². The van der Waals surface area contributed by atoms with E-state index < -0.39 is 12.2 Å². The summed E-state index contributed by atoms with van der Waals surface area (Å²) in [5, 5.41) is 17.7. The number of amides is 2.